The number of aromatic nitrogens is 3. The second-order valence-corrected chi connectivity index (χ2v) is 9.41. The Kier molecular flexibility index (Phi) is 8.35. The number of benzene rings is 2. The maximum atomic E-state index is 9.70. The molecule has 0 radical (unpaired) electrons. The number of aliphatic hydroxyl groups is 1. The lowest BCUT2D eigenvalue weighted by molar-refractivity contribution is 0.188. The Balaban J connectivity index is 1.15. The van der Waals surface area contributed by atoms with Gasteiger partial charge in [-0.2, -0.15) is 10.1 Å². The molecule has 2 aromatic carbocycles. The van der Waals surface area contributed by atoms with Crippen molar-refractivity contribution in [3.63, 3.8) is 0 Å². The van der Waals surface area contributed by atoms with Crippen molar-refractivity contribution in [2.75, 3.05) is 49.5 Å². The van der Waals surface area contributed by atoms with E-state index in [1.54, 1.807) is 18.3 Å². The van der Waals surface area contributed by atoms with Gasteiger partial charge in [0.1, 0.15) is 18.1 Å². The van der Waals surface area contributed by atoms with Gasteiger partial charge in [0.05, 0.1) is 24.2 Å². The van der Waals surface area contributed by atoms with Gasteiger partial charge in [-0.1, -0.05) is 24.3 Å². The molecule has 1 aliphatic rings. The first-order valence-corrected chi connectivity index (χ1v) is 13.0. The van der Waals surface area contributed by atoms with Gasteiger partial charge in [0.25, 0.3) is 5.95 Å². The molecule has 10 nitrogen and oxygen atoms in total. The van der Waals surface area contributed by atoms with E-state index in [4.69, 9.17) is 5.11 Å². The van der Waals surface area contributed by atoms with E-state index < -0.39 is 0 Å². The zero-order valence-electron chi connectivity index (χ0n) is 21.9. The van der Waals surface area contributed by atoms with Gasteiger partial charge in [0.2, 0.25) is 0 Å². The lowest BCUT2D eigenvalue weighted by Crippen LogP contribution is -2.47. The van der Waals surface area contributed by atoms with Crippen LogP contribution in [0.4, 0.5) is 23.1 Å². The topological polar surface area (TPSA) is 122 Å². The first-order chi connectivity index (χ1) is 19.1. The van der Waals surface area contributed by atoms with Gasteiger partial charge in [-0.3, -0.25) is 9.88 Å². The smallest absolute Gasteiger partial charge is 0.270 e. The molecule has 2 aromatic heterocycles. The highest BCUT2D eigenvalue weighted by atomic mass is 16.3. The second-order valence-electron chi connectivity index (χ2n) is 9.41. The second kappa shape index (κ2) is 12.4. The molecule has 1 aliphatic heterocycles. The molecule has 0 saturated carbocycles. The Hall–Kier alpha value is -4.41. The molecule has 0 spiro atoms. The van der Waals surface area contributed by atoms with E-state index in [1.807, 2.05) is 61.5 Å². The summed E-state index contributed by atoms with van der Waals surface area (Å²) >= 11 is 0. The molecule has 0 amide bonds. The molecule has 200 valence electrons. The number of phenols is 1. The third-order valence-corrected chi connectivity index (χ3v) is 6.51. The summed E-state index contributed by atoms with van der Waals surface area (Å²) in [5, 5.41) is 30.7. The van der Waals surface area contributed by atoms with E-state index >= 15 is 0 Å². The number of aryl methyl sites for hydroxylation is 1. The van der Waals surface area contributed by atoms with Crippen molar-refractivity contribution in [3.05, 3.63) is 84.3 Å². The Morgan fingerprint density at radius 3 is 2.41 bits per heavy atom. The van der Waals surface area contributed by atoms with E-state index in [-0.39, 0.29) is 12.4 Å². The van der Waals surface area contributed by atoms with Crippen molar-refractivity contribution in [1.82, 2.24) is 19.9 Å². The van der Waals surface area contributed by atoms with Gasteiger partial charge in [0.15, 0.2) is 0 Å². The first kappa shape index (κ1) is 26.2. The SMILES string of the molecule is Cc1cc(N2CCN(CCO)CC2)nc(N=NCc2ccc(Nc3ccc(-c4cccc(O)c4)cc3)cn2)n1. The van der Waals surface area contributed by atoms with Crippen LogP contribution in [0.2, 0.25) is 0 Å². The molecule has 4 aromatic rings. The lowest BCUT2D eigenvalue weighted by Gasteiger charge is -2.35. The fraction of sp³-hybridized carbons (Fsp3) is 0.276. The van der Waals surface area contributed by atoms with Gasteiger partial charge in [-0.25, -0.2) is 4.98 Å². The number of hydrogen-bond acceptors (Lipinski definition) is 10. The van der Waals surface area contributed by atoms with E-state index in [1.165, 1.54) is 0 Å². The maximum Gasteiger partial charge on any atom is 0.270 e. The Morgan fingerprint density at radius 1 is 0.897 bits per heavy atom. The van der Waals surface area contributed by atoms with Crippen LogP contribution in [0.25, 0.3) is 11.1 Å². The highest BCUT2D eigenvalue weighted by molar-refractivity contribution is 5.69. The average molecular weight is 525 g/mol. The summed E-state index contributed by atoms with van der Waals surface area (Å²) < 4.78 is 0. The monoisotopic (exact) mass is 524 g/mol. The molecule has 39 heavy (non-hydrogen) atoms. The number of piperazine rings is 1. The normalized spacial score (nSPS) is 14.2. The summed E-state index contributed by atoms with van der Waals surface area (Å²) in [5.41, 5.74) is 5.43. The van der Waals surface area contributed by atoms with Crippen LogP contribution in [-0.4, -0.2) is 69.4 Å². The molecule has 1 fully saturated rings. The predicted molar refractivity (Wildman–Crippen MR) is 152 cm³/mol. The standard InChI is InChI=1S/C29H32N8O2/c1-21-17-28(37-13-11-36(12-14-37)15-16-38)34-29(32-21)35-31-20-25-9-10-26(19-30-25)33-24-7-5-22(6-8-24)23-3-2-4-27(39)18-23/h2-10,17-19,33,38-39H,11-16,20H2,1H3. The molecule has 3 N–H and O–H groups in total. The number of rotatable bonds is 9. The molecular weight excluding hydrogens is 492 g/mol. The largest absolute Gasteiger partial charge is 0.508 e. The Labute approximate surface area is 227 Å². The third-order valence-electron chi connectivity index (χ3n) is 6.51. The minimum Gasteiger partial charge on any atom is -0.508 e. The van der Waals surface area contributed by atoms with Crippen molar-refractivity contribution in [1.29, 1.82) is 0 Å². The van der Waals surface area contributed by atoms with Crippen LogP contribution < -0.4 is 10.2 Å². The summed E-state index contributed by atoms with van der Waals surface area (Å²) in [6.45, 7) is 6.61. The third kappa shape index (κ3) is 7.13. The van der Waals surface area contributed by atoms with Crippen LogP contribution in [0.1, 0.15) is 11.4 Å². The number of azo groups is 1. The quantitative estimate of drug-likeness (QED) is 0.270. The van der Waals surface area contributed by atoms with Crippen LogP contribution in [-0.2, 0) is 6.54 Å². The van der Waals surface area contributed by atoms with Crippen LogP contribution in [0, 0.1) is 6.92 Å². The van der Waals surface area contributed by atoms with E-state index in [2.05, 4.69) is 40.3 Å². The lowest BCUT2D eigenvalue weighted by atomic mass is 10.1. The summed E-state index contributed by atoms with van der Waals surface area (Å²) in [6, 6.07) is 21.0. The molecule has 0 unspecified atom stereocenters. The van der Waals surface area contributed by atoms with Crippen molar-refractivity contribution in [3.8, 4) is 16.9 Å². The minimum atomic E-state index is 0.182. The summed E-state index contributed by atoms with van der Waals surface area (Å²) in [6.07, 6.45) is 1.77. The van der Waals surface area contributed by atoms with E-state index in [9.17, 15) is 5.11 Å². The average Bonchev–Trinajstić information content (AvgIpc) is 2.95. The van der Waals surface area contributed by atoms with Crippen molar-refractivity contribution >= 4 is 23.1 Å². The number of anilines is 3. The summed E-state index contributed by atoms with van der Waals surface area (Å²) in [4.78, 5) is 18.0. The number of aliphatic hydroxyl groups excluding tert-OH is 1. The van der Waals surface area contributed by atoms with Gasteiger partial charge in [0, 0.05) is 50.2 Å². The van der Waals surface area contributed by atoms with Crippen molar-refractivity contribution in [2.45, 2.75) is 13.5 Å². The van der Waals surface area contributed by atoms with Crippen LogP contribution in [0.15, 0.2) is 83.2 Å². The highest BCUT2D eigenvalue weighted by Gasteiger charge is 2.18. The number of nitrogens with zero attached hydrogens (tertiary/aromatic N) is 7. The minimum absolute atomic E-state index is 0.182. The Morgan fingerprint density at radius 2 is 1.69 bits per heavy atom. The van der Waals surface area contributed by atoms with Gasteiger partial charge < -0.3 is 20.4 Å². The zero-order chi connectivity index (χ0) is 27.0. The molecular formula is C29H32N8O2. The number of phenolic OH excluding ortho intramolecular Hbond substituents is 1. The molecule has 10 heteroatoms. The molecule has 1 saturated heterocycles. The molecule has 5 rings (SSSR count). The molecule has 0 bridgehead atoms. The van der Waals surface area contributed by atoms with Crippen molar-refractivity contribution < 1.29 is 10.2 Å². The number of β-amino-alcohol motifs (C(OH)–C–C–N with tert-alkyl or cyclic N) is 1. The number of pyridine rings is 1. The summed E-state index contributed by atoms with van der Waals surface area (Å²) in [7, 11) is 0. The van der Waals surface area contributed by atoms with Crippen LogP contribution >= 0.6 is 0 Å². The first-order valence-electron chi connectivity index (χ1n) is 13.0. The van der Waals surface area contributed by atoms with Gasteiger partial charge >= 0.3 is 0 Å². The number of aromatic hydroxyl groups is 1. The summed E-state index contributed by atoms with van der Waals surface area (Å²) in [5.74, 6) is 1.44. The Bertz CT molecular complexity index is 1400. The predicted octanol–water partition coefficient (Wildman–Crippen LogP) is 4.69. The fourth-order valence-corrected chi connectivity index (χ4v) is 4.45. The van der Waals surface area contributed by atoms with E-state index in [0.29, 0.717) is 19.0 Å². The molecule has 0 aliphatic carbocycles. The fourth-order valence-electron chi connectivity index (χ4n) is 4.45. The van der Waals surface area contributed by atoms with Crippen molar-refractivity contribution in [2.24, 2.45) is 10.2 Å². The van der Waals surface area contributed by atoms with Gasteiger partial charge in [-0.15, -0.1) is 5.11 Å². The van der Waals surface area contributed by atoms with E-state index in [0.717, 1.165) is 65.9 Å². The number of hydrogen-bond donors (Lipinski definition) is 3. The maximum absolute atomic E-state index is 9.70. The zero-order valence-corrected chi connectivity index (χ0v) is 21.9. The van der Waals surface area contributed by atoms with Crippen LogP contribution in [0.3, 0.4) is 0 Å². The van der Waals surface area contributed by atoms with Gasteiger partial charge in [-0.05, 0) is 54.4 Å². The number of nitrogens with one attached hydrogen (secondary N) is 1. The highest BCUT2D eigenvalue weighted by Crippen LogP contribution is 2.26. The molecule has 0 atom stereocenters. The molecule has 3 heterocycles. The van der Waals surface area contributed by atoms with Crippen LogP contribution in [0.5, 0.6) is 5.75 Å².